The van der Waals surface area contributed by atoms with Crippen molar-refractivity contribution in [1.29, 1.82) is 0 Å². The fourth-order valence-electron chi connectivity index (χ4n) is 2.86. The Morgan fingerprint density at radius 3 is 2.38 bits per heavy atom. The first-order valence-corrected chi connectivity index (χ1v) is 8.32. The maximum atomic E-state index is 12.6. The summed E-state index contributed by atoms with van der Waals surface area (Å²) in [6, 6.07) is 7.51. The summed E-state index contributed by atoms with van der Waals surface area (Å²) >= 11 is 0. The molecule has 0 aliphatic heterocycles. The van der Waals surface area contributed by atoms with Crippen LogP contribution in [0, 0.1) is 20.8 Å². The molecule has 0 saturated heterocycles. The van der Waals surface area contributed by atoms with Crippen molar-refractivity contribution >= 4 is 17.7 Å². The molecule has 6 heteroatoms. The number of Topliss-reactive ketones (excluding diaryl/α,β-unsaturated/α-hetero) is 1. The van der Waals surface area contributed by atoms with E-state index in [1.54, 1.807) is 13.8 Å². The van der Waals surface area contributed by atoms with Crippen LogP contribution in [-0.4, -0.2) is 35.9 Å². The van der Waals surface area contributed by atoms with Gasteiger partial charge in [0.05, 0.1) is 24.8 Å². The first-order chi connectivity index (χ1) is 12.3. The van der Waals surface area contributed by atoms with E-state index in [4.69, 9.17) is 9.47 Å². The number of nitrogens with one attached hydrogen (secondary N) is 1. The molecule has 1 aromatic carbocycles. The number of aryl methyl sites for hydroxylation is 2. The lowest BCUT2D eigenvalue weighted by molar-refractivity contribution is -0.145. The molecule has 0 spiro atoms. The van der Waals surface area contributed by atoms with E-state index >= 15 is 0 Å². The number of H-pyrrole nitrogens is 1. The van der Waals surface area contributed by atoms with Crippen LogP contribution < -0.4 is 0 Å². The monoisotopic (exact) mass is 357 g/mol. The van der Waals surface area contributed by atoms with Crippen LogP contribution in [0.3, 0.4) is 0 Å². The predicted octanol–water partition coefficient (Wildman–Crippen LogP) is 3.08. The number of rotatable bonds is 6. The number of hydrogen-bond donors (Lipinski definition) is 1. The number of carbonyl (C=O) groups excluding carboxylic acids is 3. The van der Waals surface area contributed by atoms with Crippen LogP contribution in [0.15, 0.2) is 24.3 Å². The number of hydrogen-bond acceptors (Lipinski definition) is 5. The molecule has 1 N–H and O–H groups in total. The fourth-order valence-corrected chi connectivity index (χ4v) is 2.86. The van der Waals surface area contributed by atoms with E-state index in [2.05, 4.69) is 4.98 Å². The maximum absolute atomic E-state index is 12.6. The van der Waals surface area contributed by atoms with Crippen LogP contribution in [0.25, 0.3) is 0 Å². The standard InChI is InChI=1S/C20H23NO5/c1-11-8-6-7-9-15(11)10-16(22)26-14(4)19(23)18-12(2)17(13(3)21-18)20(24)25-5/h6-9,14,21H,10H2,1-5H3/t14-/m0/s1. The van der Waals surface area contributed by atoms with Gasteiger partial charge in [0.15, 0.2) is 6.10 Å². The first-order valence-electron chi connectivity index (χ1n) is 8.32. The Kier molecular flexibility index (Phi) is 5.97. The number of ketones is 1. The summed E-state index contributed by atoms with van der Waals surface area (Å²) in [5, 5.41) is 0. The van der Waals surface area contributed by atoms with Crippen LogP contribution in [0.5, 0.6) is 0 Å². The minimum Gasteiger partial charge on any atom is -0.465 e. The van der Waals surface area contributed by atoms with E-state index in [1.807, 2.05) is 31.2 Å². The molecule has 0 bridgehead atoms. The normalized spacial score (nSPS) is 11.7. The van der Waals surface area contributed by atoms with Gasteiger partial charge in [-0.05, 0) is 44.4 Å². The molecule has 0 radical (unpaired) electrons. The number of aromatic amines is 1. The van der Waals surface area contributed by atoms with Gasteiger partial charge in [-0.25, -0.2) is 4.79 Å². The second-order valence-corrected chi connectivity index (χ2v) is 6.22. The zero-order valence-electron chi connectivity index (χ0n) is 15.6. The summed E-state index contributed by atoms with van der Waals surface area (Å²) in [6.07, 6.45) is -0.866. The van der Waals surface area contributed by atoms with E-state index in [0.29, 0.717) is 16.8 Å². The molecule has 1 aromatic heterocycles. The van der Waals surface area contributed by atoms with E-state index in [1.165, 1.54) is 14.0 Å². The molecule has 2 aromatic rings. The number of methoxy groups -OCH3 is 1. The van der Waals surface area contributed by atoms with Crippen molar-refractivity contribution < 1.29 is 23.9 Å². The van der Waals surface area contributed by atoms with Crippen LogP contribution in [0.4, 0.5) is 0 Å². The minimum absolute atomic E-state index is 0.0977. The lowest BCUT2D eigenvalue weighted by Crippen LogP contribution is -2.26. The van der Waals surface area contributed by atoms with Crippen molar-refractivity contribution in [2.24, 2.45) is 0 Å². The lowest BCUT2D eigenvalue weighted by Gasteiger charge is -2.13. The summed E-state index contributed by atoms with van der Waals surface area (Å²) < 4.78 is 10.0. The highest BCUT2D eigenvalue weighted by Gasteiger charge is 2.27. The predicted molar refractivity (Wildman–Crippen MR) is 96.4 cm³/mol. The van der Waals surface area contributed by atoms with Gasteiger partial charge in [-0.2, -0.15) is 0 Å². The van der Waals surface area contributed by atoms with Gasteiger partial charge in [-0.3, -0.25) is 9.59 Å². The van der Waals surface area contributed by atoms with E-state index in [9.17, 15) is 14.4 Å². The summed E-state index contributed by atoms with van der Waals surface area (Å²) in [6.45, 7) is 6.78. The quantitative estimate of drug-likeness (QED) is 0.634. The smallest absolute Gasteiger partial charge is 0.339 e. The molecule has 0 unspecified atom stereocenters. The van der Waals surface area contributed by atoms with E-state index in [-0.39, 0.29) is 17.9 Å². The molecule has 0 fully saturated rings. The molecule has 2 rings (SSSR count). The number of benzene rings is 1. The van der Waals surface area contributed by atoms with Gasteiger partial charge in [-0.1, -0.05) is 24.3 Å². The average Bonchev–Trinajstić information content (AvgIpc) is 2.90. The average molecular weight is 357 g/mol. The Labute approximate surface area is 152 Å². The largest absolute Gasteiger partial charge is 0.465 e. The van der Waals surface area contributed by atoms with Gasteiger partial charge in [0.1, 0.15) is 0 Å². The lowest BCUT2D eigenvalue weighted by atomic mass is 10.1. The second-order valence-electron chi connectivity index (χ2n) is 6.22. The third-order valence-electron chi connectivity index (χ3n) is 4.35. The summed E-state index contributed by atoms with van der Waals surface area (Å²) in [5.74, 6) is -1.38. The highest BCUT2D eigenvalue weighted by atomic mass is 16.5. The van der Waals surface area contributed by atoms with Crippen molar-refractivity contribution in [3.63, 3.8) is 0 Å². The van der Waals surface area contributed by atoms with E-state index in [0.717, 1.165) is 11.1 Å². The Bertz CT molecular complexity index is 850. The van der Waals surface area contributed by atoms with Gasteiger partial charge in [-0.15, -0.1) is 0 Å². The van der Waals surface area contributed by atoms with Crippen molar-refractivity contribution in [2.45, 2.75) is 40.2 Å². The van der Waals surface area contributed by atoms with Crippen molar-refractivity contribution in [3.8, 4) is 0 Å². The van der Waals surface area contributed by atoms with Gasteiger partial charge in [0.25, 0.3) is 0 Å². The summed E-state index contributed by atoms with van der Waals surface area (Å²) in [7, 11) is 1.28. The second kappa shape index (κ2) is 7.99. The minimum atomic E-state index is -0.964. The molecular weight excluding hydrogens is 334 g/mol. The first kappa shape index (κ1) is 19.4. The molecule has 0 aliphatic carbocycles. The Hall–Kier alpha value is -2.89. The zero-order chi connectivity index (χ0) is 19.4. The number of aromatic nitrogens is 1. The fraction of sp³-hybridized carbons (Fsp3) is 0.350. The van der Waals surface area contributed by atoms with Crippen molar-refractivity contribution in [2.75, 3.05) is 7.11 Å². The summed E-state index contributed by atoms with van der Waals surface area (Å²) in [5.41, 5.74) is 3.45. The Balaban J connectivity index is 2.11. The molecule has 6 nitrogen and oxygen atoms in total. The third kappa shape index (κ3) is 4.02. The van der Waals surface area contributed by atoms with Crippen LogP contribution in [0.1, 0.15) is 50.2 Å². The SMILES string of the molecule is COC(=O)c1c(C)[nH]c(C(=O)[C@H](C)OC(=O)Cc2ccccc2C)c1C. The Morgan fingerprint density at radius 1 is 1.12 bits per heavy atom. The van der Waals surface area contributed by atoms with Crippen molar-refractivity contribution in [1.82, 2.24) is 4.98 Å². The Morgan fingerprint density at radius 2 is 1.77 bits per heavy atom. The van der Waals surface area contributed by atoms with Crippen LogP contribution in [-0.2, 0) is 20.7 Å². The van der Waals surface area contributed by atoms with Gasteiger partial charge >= 0.3 is 11.9 Å². The van der Waals surface area contributed by atoms with Gasteiger partial charge in [0, 0.05) is 5.69 Å². The molecule has 0 aliphatic rings. The highest BCUT2D eigenvalue weighted by Crippen LogP contribution is 2.21. The van der Waals surface area contributed by atoms with Gasteiger partial charge < -0.3 is 14.5 Å². The molecule has 1 heterocycles. The maximum Gasteiger partial charge on any atom is 0.339 e. The highest BCUT2D eigenvalue weighted by molar-refractivity contribution is 6.04. The molecular formula is C20H23NO5. The van der Waals surface area contributed by atoms with Crippen LogP contribution in [0.2, 0.25) is 0 Å². The van der Waals surface area contributed by atoms with Gasteiger partial charge in [0.2, 0.25) is 5.78 Å². The van der Waals surface area contributed by atoms with Crippen molar-refractivity contribution in [3.05, 3.63) is 57.9 Å². The number of carbonyl (C=O) groups is 3. The molecule has 1 atom stereocenters. The molecule has 26 heavy (non-hydrogen) atoms. The zero-order valence-corrected chi connectivity index (χ0v) is 15.6. The van der Waals surface area contributed by atoms with E-state index < -0.39 is 18.0 Å². The molecule has 0 saturated carbocycles. The summed E-state index contributed by atoms with van der Waals surface area (Å²) in [4.78, 5) is 39.5. The molecule has 0 amide bonds. The third-order valence-corrected chi connectivity index (χ3v) is 4.35. The topological polar surface area (TPSA) is 85.5 Å². The van der Waals surface area contributed by atoms with Crippen LogP contribution >= 0.6 is 0 Å². The molecule has 138 valence electrons. The number of esters is 2. The number of ether oxygens (including phenoxy) is 2.